The lowest BCUT2D eigenvalue weighted by Gasteiger charge is -2.22. The van der Waals surface area contributed by atoms with Crippen molar-refractivity contribution in [3.8, 4) is 0 Å². The van der Waals surface area contributed by atoms with E-state index in [1.807, 2.05) is 13.8 Å². The molecule has 0 aliphatic carbocycles. The van der Waals surface area contributed by atoms with Gasteiger partial charge >= 0.3 is 0 Å². The van der Waals surface area contributed by atoms with E-state index in [1.54, 1.807) is 0 Å². The van der Waals surface area contributed by atoms with Gasteiger partial charge in [0, 0.05) is 6.92 Å². The van der Waals surface area contributed by atoms with Crippen LogP contribution in [0.1, 0.15) is 20.8 Å². The molecular weight excluding hydrogens is 206 g/mol. The number of ether oxygens (including phenoxy) is 2. The van der Waals surface area contributed by atoms with E-state index in [0.717, 1.165) is 0 Å². The first-order chi connectivity index (χ1) is 6.41. The van der Waals surface area contributed by atoms with Gasteiger partial charge in [0.15, 0.2) is 5.79 Å². The van der Waals surface area contributed by atoms with Crippen LogP contribution in [0.15, 0.2) is 0 Å². The molecule has 1 N–H and O–H groups in total. The number of nitrogens with one attached hydrogen (secondary N) is 1. The lowest BCUT2D eigenvalue weighted by Crippen LogP contribution is -2.43. The van der Waals surface area contributed by atoms with E-state index in [9.17, 15) is 4.79 Å². The van der Waals surface area contributed by atoms with Gasteiger partial charge in [-0.05, 0) is 13.8 Å². The first kappa shape index (κ1) is 11.8. The fraction of sp³-hybridized carbons (Fsp3) is 0.889. The molecule has 0 spiro atoms. The Kier molecular flexibility index (Phi) is 3.75. The van der Waals surface area contributed by atoms with Gasteiger partial charge in [-0.3, -0.25) is 4.79 Å². The van der Waals surface area contributed by atoms with Crippen LogP contribution in [0.3, 0.4) is 0 Å². The number of rotatable bonds is 1. The van der Waals surface area contributed by atoms with Gasteiger partial charge in [-0.2, -0.15) is 0 Å². The van der Waals surface area contributed by atoms with Crippen molar-refractivity contribution in [1.82, 2.24) is 5.32 Å². The highest BCUT2D eigenvalue weighted by atomic mass is 35.5. The molecule has 82 valence electrons. The summed E-state index contributed by atoms with van der Waals surface area (Å²) in [6.07, 6.45) is 0. The molecule has 1 heterocycles. The van der Waals surface area contributed by atoms with E-state index >= 15 is 0 Å². The Hall–Kier alpha value is -0.320. The lowest BCUT2D eigenvalue weighted by atomic mass is 10.2. The molecule has 0 aromatic rings. The van der Waals surface area contributed by atoms with Crippen LogP contribution in [0, 0.1) is 0 Å². The van der Waals surface area contributed by atoms with Crippen molar-refractivity contribution in [3.63, 3.8) is 0 Å². The molecule has 1 amide bonds. The molecule has 1 aliphatic heterocycles. The highest BCUT2D eigenvalue weighted by Crippen LogP contribution is 2.19. The SMILES string of the molecule is CC(=O)N[C@@H]1COC(C)(C)OC[C@H]1Cl. The van der Waals surface area contributed by atoms with Gasteiger partial charge in [0.25, 0.3) is 0 Å². The molecule has 0 aromatic heterocycles. The van der Waals surface area contributed by atoms with Crippen LogP contribution in [-0.4, -0.2) is 36.3 Å². The Morgan fingerprint density at radius 3 is 2.57 bits per heavy atom. The van der Waals surface area contributed by atoms with E-state index < -0.39 is 5.79 Å². The quantitative estimate of drug-likeness (QED) is 0.669. The number of amides is 1. The van der Waals surface area contributed by atoms with Gasteiger partial charge < -0.3 is 14.8 Å². The number of hydrogen-bond donors (Lipinski definition) is 1. The standard InChI is InChI=1S/C9H16ClNO3/c1-6(12)11-8-5-14-9(2,3)13-4-7(8)10/h7-8H,4-5H2,1-3H3,(H,11,12)/t7-,8-/m1/s1. The van der Waals surface area contributed by atoms with Gasteiger partial charge in [-0.15, -0.1) is 11.6 Å². The minimum atomic E-state index is -0.625. The second-order valence-corrected chi connectivity index (χ2v) is 4.41. The normalized spacial score (nSPS) is 32.0. The maximum Gasteiger partial charge on any atom is 0.217 e. The summed E-state index contributed by atoms with van der Waals surface area (Å²) in [5.41, 5.74) is 0. The topological polar surface area (TPSA) is 47.6 Å². The lowest BCUT2D eigenvalue weighted by molar-refractivity contribution is -0.200. The van der Waals surface area contributed by atoms with Gasteiger partial charge in [0.05, 0.1) is 24.6 Å². The Morgan fingerprint density at radius 1 is 1.43 bits per heavy atom. The van der Waals surface area contributed by atoms with Crippen molar-refractivity contribution in [2.75, 3.05) is 13.2 Å². The zero-order chi connectivity index (χ0) is 10.8. The zero-order valence-electron chi connectivity index (χ0n) is 8.67. The largest absolute Gasteiger partial charge is 0.350 e. The van der Waals surface area contributed by atoms with Crippen LogP contribution < -0.4 is 5.32 Å². The molecule has 0 bridgehead atoms. The van der Waals surface area contributed by atoms with Gasteiger partial charge in [0.1, 0.15) is 0 Å². The van der Waals surface area contributed by atoms with Crippen LogP contribution in [0.5, 0.6) is 0 Å². The molecule has 0 aromatic carbocycles. The Morgan fingerprint density at radius 2 is 2.00 bits per heavy atom. The maximum absolute atomic E-state index is 10.9. The molecule has 4 nitrogen and oxygen atoms in total. The maximum atomic E-state index is 10.9. The van der Waals surface area contributed by atoms with Crippen LogP contribution in [0.4, 0.5) is 0 Å². The molecular formula is C9H16ClNO3. The average Bonchev–Trinajstić information content (AvgIpc) is 2.17. The third-order valence-corrected chi connectivity index (χ3v) is 2.46. The molecule has 0 unspecified atom stereocenters. The second-order valence-electron chi connectivity index (χ2n) is 3.84. The predicted molar refractivity (Wildman–Crippen MR) is 53.2 cm³/mol. The Bertz CT molecular complexity index is 220. The Labute approximate surface area is 88.9 Å². The minimum Gasteiger partial charge on any atom is -0.350 e. The van der Waals surface area contributed by atoms with Crippen molar-refractivity contribution >= 4 is 17.5 Å². The van der Waals surface area contributed by atoms with E-state index in [-0.39, 0.29) is 17.3 Å². The summed E-state index contributed by atoms with van der Waals surface area (Å²) in [4.78, 5) is 10.9. The van der Waals surface area contributed by atoms with Crippen molar-refractivity contribution < 1.29 is 14.3 Å². The number of carbonyl (C=O) groups excluding carboxylic acids is 1. The van der Waals surface area contributed by atoms with E-state index in [1.165, 1.54) is 6.92 Å². The summed E-state index contributed by atoms with van der Waals surface area (Å²) in [7, 11) is 0. The monoisotopic (exact) mass is 221 g/mol. The van der Waals surface area contributed by atoms with Crippen molar-refractivity contribution in [2.45, 2.75) is 38.0 Å². The van der Waals surface area contributed by atoms with E-state index in [2.05, 4.69) is 5.32 Å². The summed E-state index contributed by atoms with van der Waals surface area (Å²) in [5.74, 6) is -0.732. The molecule has 5 heteroatoms. The predicted octanol–water partition coefficient (Wildman–Crippen LogP) is 0.881. The first-order valence-electron chi connectivity index (χ1n) is 4.60. The fourth-order valence-electron chi connectivity index (χ4n) is 1.23. The third kappa shape index (κ3) is 3.44. The number of halogens is 1. The van der Waals surface area contributed by atoms with Crippen LogP contribution in [0.25, 0.3) is 0 Å². The molecule has 2 atom stereocenters. The minimum absolute atomic E-state index is 0.107. The highest BCUT2D eigenvalue weighted by Gasteiger charge is 2.31. The van der Waals surface area contributed by atoms with E-state index in [4.69, 9.17) is 21.1 Å². The summed E-state index contributed by atoms with van der Waals surface area (Å²) in [6.45, 7) is 5.86. The number of alkyl halides is 1. The number of hydrogen-bond acceptors (Lipinski definition) is 3. The van der Waals surface area contributed by atoms with Crippen LogP contribution in [-0.2, 0) is 14.3 Å². The fourth-order valence-corrected chi connectivity index (χ4v) is 1.42. The third-order valence-electron chi connectivity index (χ3n) is 2.03. The van der Waals surface area contributed by atoms with Crippen molar-refractivity contribution in [1.29, 1.82) is 0 Å². The van der Waals surface area contributed by atoms with Crippen molar-refractivity contribution in [2.24, 2.45) is 0 Å². The summed E-state index contributed by atoms with van der Waals surface area (Å²) >= 11 is 6.04. The molecule has 1 rings (SSSR count). The molecule has 1 saturated heterocycles. The molecule has 14 heavy (non-hydrogen) atoms. The zero-order valence-corrected chi connectivity index (χ0v) is 9.43. The van der Waals surface area contributed by atoms with E-state index in [0.29, 0.717) is 13.2 Å². The van der Waals surface area contributed by atoms with Crippen LogP contribution >= 0.6 is 11.6 Å². The first-order valence-corrected chi connectivity index (χ1v) is 5.03. The molecule has 0 saturated carbocycles. The van der Waals surface area contributed by atoms with Gasteiger partial charge in [-0.25, -0.2) is 0 Å². The molecule has 1 aliphatic rings. The molecule has 0 radical (unpaired) electrons. The summed E-state index contributed by atoms with van der Waals surface area (Å²) in [6, 6.07) is -0.184. The highest BCUT2D eigenvalue weighted by molar-refractivity contribution is 6.21. The summed E-state index contributed by atoms with van der Waals surface area (Å²) in [5, 5.41) is 2.48. The van der Waals surface area contributed by atoms with Gasteiger partial charge in [-0.1, -0.05) is 0 Å². The average molecular weight is 222 g/mol. The Balaban J connectivity index is 2.56. The van der Waals surface area contributed by atoms with Crippen molar-refractivity contribution in [3.05, 3.63) is 0 Å². The molecule has 1 fully saturated rings. The summed E-state index contributed by atoms with van der Waals surface area (Å²) < 4.78 is 10.9. The number of carbonyl (C=O) groups is 1. The smallest absolute Gasteiger partial charge is 0.217 e. The van der Waals surface area contributed by atoms with Gasteiger partial charge in [0.2, 0.25) is 5.91 Å². The van der Waals surface area contributed by atoms with Crippen LogP contribution in [0.2, 0.25) is 0 Å². The second kappa shape index (κ2) is 4.47.